The summed E-state index contributed by atoms with van der Waals surface area (Å²) in [5.41, 5.74) is 0. The molecule has 0 rings (SSSR count). The molecule has 58 valence electrons. The number of rotatable bonds is 2. The molecule has 0 saturated carbocycles. The molecule has 1 N–H and O–H groups in total. The predicted molar refractivity (Wildman–Crippen MR) is 53.3 cm³/mol. The fourth-order valence-corrected chi connectivity index (χ4v) is 0.667. The van der Waals surface area contributed by atoms with Crippen molar-refractivity contribution >= 4 is 19.5 Å². The molecule has 0 aromatic heterocycles. The molecular formula is C6H21NSi2. The second kappa shape index (κ2) is 8.39. The van der Waals surface area contributed by atoms with E-state index in [0.29, 0.717) is 12.1 Å². The molecule has 0 aliphatic carbocycles. The largest absolute Gasteiger partial charge is 0.312 e. The molecule has 0 aromatic rings. The fraction of sp³-hybridized carbons (Fsp3) is 1.00. The summed E-state index contributed by atoms with van der Waals surface area (Å²) >= 11 is 0. The van der Waals surface area contributed by atoms with Crippen LogP contribution in [0.1, 0.15) is 27.7 Å². The van der Waals surface area contributed by atoms with E-state index in [1.54, 1.807) is 0 Å². The van der Waals surface area contributed by atoms with E-state index >= 15 is 0 Å². The van der Waals surface area contributed by atoms with Crippen LogP contribution in [0.5, 0.6) is 0 Å². The molecule has 0 saturated heterocycles. The molecule has 0 aromatic carbocycles. The number of nitrogens with one attached hydrogen (secondary N) is 1. The Labute approximate surface area is 65.3 Å². The van der Waals surface area contributed by atoms with Crippen LogP contribution in [0.3, 0.4) is 0 Å². The minimum Gasteiger partial charge on any atom is -0.312 e. The Kier molecular flexibility index (Phi) is 11.3. The molecule has 0 atom stereocenters. The summed E-state index contributed by atoms with van der Waals surface area (Å²) in [6.07, 6.45) is 0. The Hall–Kier alpha value is 0.394. The fourth-order valence-electron chi connectivity index (χ4n) is 0.667. The van der Waals surface area contributed by atoms with E-state index in [2.05, 4.69) is 33.0 Å². The highest BCUT2D eigenvalue weighted by Gasteiger charge is 1.92. The molecule has 3 heteroatoms. The average Bonchev–Trinajstić information content (AvgIpc) is 1.68. The van der Waals surface area contributed by atoms with E-state index in [1.165, 1.54) is 19.5 Å². The van der Waals surface area contributed by atoms with Crippen molar-refractivity contribution in [1.29, 1.82) is 0 Å². The van der Waals surface area contributed by atoms with E-state index in [4.69, 9.17) is 0 Å². The van der Waals surface area contributed by atoms with E-state index < -0.39 is 0 Å². The Bertz CT molecular complexity index is 40.3. The third kappa shape index (κ3) is 17.8. The third-order valence-corrected chi connectivity index (χ3v) is 0.667. The summed E-state index contributed by atoms with van der Waals surface area (Å²) in [5.74, 6) is 0. The molecule has 0 radical (unpaired) electrons. The van der Waals surface area contributed by atoms with Gasteiger partial charge in [-0.1, -0.05) is 27.7 Å². The van der Waals surface area contributed by atoms with Crippen molar-refractivity contribution in [2.45, 2.75) is 39.8 Å². The first kappa shape index (κ1) is 12.1. The van der Waals surface area contributed by atoms with Crippen LogP contribution in [0.25, 0.3) is 0 Å². The van der Waals surface area contributed by atoms with Gasteiger partial charge in [-0.3, -0.25) is 0 Å². The van der Waals surface area contributed by atoms with E-state index in [1.807, 2.05) is 0 Å². The quantitative estimate of drug-likeness (QED) is 0.516. The van der Waals surface area contributed by atoms with Crippen molar-refractivity contribution in [3.8, 4) is 0 Å². The van der Waals surface area contributed by atoms with Gasteiger partial charge in [-0.2, -0.15) is 0 Å². The zero-order valence-electron chi connectivity index (χ0n) is 7.65. The van der Waals surface area contributed by atoms with E-state index in [0.717, 1.165) is 0 Å². The molecule has 9 heavy (non-hydrogen) atoms. The SMILES string of the molecule is CC(C)NC(C)C.[SiH3][SiH3]. The maximum absolute atomic E-state index is 3.31. The minimum absolute atomic E-state index is 0.625. The lowest BCUT2D eigenvalue weighted by Crippen LogP contribution is -2.29. The van der Waals surface area contributed by atoms with Crippen LogP contribution in [-0.2, 0) is 0 Å². The summed E-state index contributed by atoms with van der Waals surface area (Å²) in [6.45, 7) is 8.61. The monoisotopic (exact) mass is 163 g/mol. The molecular weight excluding hydrogens is 142 g/mol. The van der Waals surface area contributed by atoms with Gasteiger partial charge in [-0.05, 0) is 19.5 Å². The normalized spacial score (nSPS) is 10.0. The summed E-state index contributed by atoms with van der Waals surface area (Å²) < 4.78 is 0. The van der Waals surface area contributed by atoms with Gasteiger partial charge < -0.3 is 5.32 Å². The highest BCUT2D eigenvalue weighted by molar-refractivity contribution is 6.75. The summed E-state index contributed by atoms with van der Waals surface area (Å²) in [5, 5.41) is 3.31. The van der Waals surface area contributed by atoms with Gasteiger partial charge in [0.05, 0.1) is 0 Å². The first-order chi connectivity index (χ1) is 4.13. The van der Waals surface area contributed by atoms with Crippen molar-refractivity contribution in [1.82, 2.24) is 5.32 Å². The van der Waals surface area contributed by atoms with Crippen molar-refractivity contribution in [3.05, 3.63) is 0 Å². The zero-order valence-corrected chi connectivity index (χ0v) is 11.7. The lowest BCUT2D eigenvalue weighted by atomic mass is 10.3. The van der Waals surface area contributed by atoms with Gasteiger partial charge in [0.2, 0.25) is 0 Å². The number of hydrogen-bond acceptors (Lipinski definition) is 1. The maximum atomic E-state index is 3.31. The summed E-state index contributed by atoms with van der Waals surface area (Å²) in [6, 6.07) is 1.25. The highest BCUT2D eigenvalue weighted by atomic mass is 29.1. The zero-order chi connectivity index (χ0) is 7.86. The van der Waals surface area contributed by atoms with Crippen LogP contribution >= 0.6 is 0 Å². The second-order valence-corrected chi connectivity index (χ2v) is 2.48. The molecule has 0 heterocycles. The summed E-state index contributed by atoms with van der Waals surface area (Å²) in [7, 11) is 2.89. The Morgan fingerprint density at radius 2 is 1.11 bits per heavy atom. The first-order valence-corrected chi connectivity index (χ1v) is 11.9. The van der Waals surface area contributed by atoms with Gasteiger partial charge in [0.25, 0.3) is 0 Å². The number of hydrogen-bond donors (Lipinski definition) is 1. The molecule has 0 spiro atoms. The van der Waals surface area contributed by atoms with Crippen molar-refractivity contribution < 1.29 is 0 Å². The molecule has 0 unspecified atom stereocenters. The van der Waals surface area contributed by atoms with Gasteiger partial charge >= 0.3 is 0 Å². The lowest BCUT2D eigenvalue weighted by molar-refractivity contribution is 0.518. The van der Waals surface area contributed by atoms with Gasteiger partial charge in [0, 0.05) is 12.1 Å². The lowest BCUT2D eigenvalue weighted by Gasteiger charge is -2.10. The van der Waals surface area contributed by atoms with Crippen LogP contribution in [0.15, 0.2) is 0 Å². The Morgan fingerprint density at radius 1 is 0.889 bits per heavy atom. The topological polar surface area (TPSA) is 12.0 Å². The van der Waals surface area contributed by atoms with Gasteiger partial charge in [-0.15, -0.1) is 0 Å². The molecule has 0 amide bonds. The molecule has 0 aliphatic rings. The average molecular weight is 163 g/mol. The minimum atomic E-state index is 0.625. The van der Waals surface area contributed by atoms with Crippen LogP contribution in [0, 0.1) is 0 Å². The van der Waals surface area contributed by atoms with E-state index in [-0.39, 0.29) is 0 Å². The van der Waals surface area contributed by atoms with Gasteiger partial charge in [-0.25, -0.2) is 0 Å². The van der Waals surface area contributed by atoms with Gasteiger partial charge in [0.1, 0.15) is 0 Å². The Morgan fingerprint density at radius 3 is 1.11 bits per heavy atom. The van der Waals surface area contributed by atoms with Gasteiger partial charge in [0.15, 0.2) is 0 Å². The summed E-state index contributed by atoms with van der Waals surface area (Å²) in [4.78, 5) is 0. The maximum Gasteiger partial charge on any atom is 0.00127 e. The third-order valence-electron chi connectivity index (χ3n) is 0.667. The second-order valence-electron chi connectivity index (χ2n) is 2.48. The molecule has 0 bridgehead atoms. The highest BCUT2D eigenvalue weighted by Crippen LogP contribution is 1.80. The van der Waals surface area contributed by atoms with Crippen LogP contribution in [0.2, 0.25) is 0 Å². The Balaban J connectivity index is 0. The van der Waals surface area contributed by atoms with Crippen molar-refractivity contribution in [2.75, 3.05) is 0 Å². The van der Waals surface area contributed by atoms with Crippen LogP contribution in [0.4, 0.5) is 0 Å². The van der Waals surface area contributed by atoms with Crippen molar-refractivity contribution in [3.63, 3.8) is 0 Å². The standard InChI is InChI=1S/C6H15N.H6Si2/c1-5(2)7-6(3)4;1-2/h5-7H,1-4H3;1-2H3. The predicted octanol–water partition coefficient (Wildman–Crippen LogP) is -0.975. The smallest absolute Gasteiger partial charge is 0.00127 e. The molecule has 0 fully saturated rings. The van der Waals surface area contributed by atoms with E-state index in [9.17, 15) is 0 Å². The molecule has 0 aliphatic heterocycles. The van der Waals surface area contributed by atoms with Crippen molar-refractivity contribution in [2.24, 2.45) is 0 Å². The van der Waals surface area contributed by atoms with Crippen LogP contribution in [-0.4, -0.2) is 31.6 Å². The van der Waals surface area contributed by atoms with Crippen LogP contribution < -0.4 is 5.32 Å². The molecule has 1 nitrogen and oxygen atoms in total. The first-order valence-electron chi connectivity index (χ1n) is 3.89.